The largest absolute Gasteiger partial charge is 0.264 e. The smallest absolute Gasteiger partial charge is 0.160 e. The quantitative estimate of drug-likeness (QED) is 0.168. The van der Waals surface area contributed by atoms with Crippen LogP contribution in [0.15, 0.2) is 213 Å². The van der Waals surface area contributed by atoms with E-state index in [-0.39, 0.29) is 0 Å². The fraction of sp³-hybridized carbons (Fsp3) is 0.0500. The highest BCUT2D eigenvalue weighted by Crippen LogP contribution is 2.64. The lowest BCUT2D eigenvalue weighted by Crippen LogP contribution is -2.26. The predicted molar refractivity (Wildman–Crippen MR) is 258 cm³/mol. The fourth-order valence-corrected chi connectivity index (χ4v) is 10.5. The zero-order valence-corrected chi connectivity index (χ0v) is 35.0. The van der Waals surface area contributed by atoms with Crippen molar-refractivity contribution >= 4 is 0 Å². The van der Waals surface area contributed by atoms with Crippen LogP contribution in [-0.4, -0.2) is 15.0 Å². The Kier molecular flexibility index (Phi) is 8.52. The lowest BCUT2D eigenvalue weighted by Gasteiger charge is -2.31. The highest BCUT2D eigenvalue weighted by Gasteiger charge is 2.52. The van der Waals surface area contributed by atoms with Crippen molar-refractivity contribution in [1.82, 2.24) is 15.0 Å². The maximum Gasteiger partial charge on any atom is 0.160 e. The van der Waals surface area contributed by atoms with Gasteiger partial charge in [-0.05, 0) is 127 Å². The number of hydrogen-bond donors (Lipinski definition) is 0. The van der Waals surface area contributed by atoms with Crippen molar-refractivity contribution < 1.29 is 0 Å². The maximum atomic E-state index is 5.35. The van der Waals surface area contributed by atoms with Crippen molar-refractivity contribution in [1.29, 1.82) is 0 Å². The number of hydrogen-bond acceptors (Lipinski definition) is 3. The van der Waals surface area contributed by atoms with Gasteiger partial charge in [0, 0.05) is 34.8 Å². The van der Waals surface area contributed by atoms with Crippen LogP contribution in [0.1, 0.15) is 33.5 Å². The van der Waals surface area contributed by atoms with E-state index < -0.39 is 5.41 Å². The van der Waals surface area contributed by atoms with E-state index in [1.165, 1.54) is 66.8 Å². The van der Waals surface area contributed by atoms with Gasteiger partial charge in [0.25, 0.3) is 0 Å². The monoisotopic (exact) mass is 803 g/mol. The van der Waals surface area contributed by atoms with Crippen molar-refractivity contribution in [2.75, 3.05) is 0 Å². The maximum absolute atomic E-state index is 5.35. The van der Waals surface area contributed by atoms with Crippen molar-refractivity contribution in [3.05, 3.63) is 246 Å². The molecule has 0 amide bonds. The molecule has 1 unspecified atom stereocenters. The molecule has 3 heteroatoms. The summed E-state index contributed by atoms with van der Waals surface area (Å²) in [6, 6.07) is 73.1. The molecule has 2 aromatic heterocycles. The van der Waals surface area contributed by atoms with E-state index in [1.807, 2.05) is 12.4 Å². The molecule has 1 atom stereocenters. The summed E-state index contributed by atoms with van der Waals surface area (Å²) in [5.41, 5.74) is 24.1. The van der Waals surface area contributed by atoms with E-state index in [1.54, 1.807) is 0 Å². The highest BCUT2D eigenvalue weighted by molar-refractivity contribution is 6.02. The van der Waals surface area contributed by atoms with Gasteiger partial charge in [-0.2, -0.15) is 0 Å². The Morgan fingerprint density at radius 1 is 0.333 bits per heavy atom. The molecule has 12 rings (SSSR count). The molecule has 0 fully saturated rings. The first kappa shape index (κ1) is 36.8. The van der Waals surface area contributed by atoms with Gasteiger partial charge < -0.3 is 0 Å². The van der Waals surface area contributed by atoms with Crippen LogP contribution in [0.5, 0.6) is 0 Å². The first-order valence-corrected chi connectivity index (χ1v) is 21.7. The third kappa shape index (κ3) is 5.77. The minimum atomic E-state index is -0.552. The Labute approximate surface area is 368 Å². The molecule has 0 saturated carbocycles. The molecule has 296 valence electrons. The number of aryl methyl sites for hydroxylation is 2. The molecule has 1 spiro atoms. The van der Waals surface area contributed by atoms with Gasteiger partial charge in [0.2, 0.25) is 0 Å². The van der Waals surface area contributed by atoms with E-state index in [4.69, 9.17) is 9.97 Å². The third-order valence-electron chi connectivity index (χ3n) is 13.1. The summed E-state index contributed by atoms with van der Waals surface area (Å²) in [4.78, 5) is 15.0. The molecule has 2 heterocycles. The van der Waals surface area contributed by atoms with Gasteiger partial charge >= 0.3 is 0 Å². The van der Waals surface area contributed by atoms with Gasteiger partial charge in [-0.25, -0.2) is 9.97 Å². The molecule has 8 aromatic carbocycles. The summed E-state index contributed by atoms with van der Waals surface area (Å²) < 4.78 is 0. The normalized spacial score (nSPS) is 14.3. The number of fused-ring (bicyclic) bond motifs is 10. The minimum Gasteiger partial charge on any atom is -0.264 e. The second-order valence-electron chi connectivity index (χ2n) is 16.8. The van der Waals surface area contributed by atoms with Crippen LogP contribution in [0.25, 0.3) is 89.4 Å². The third-order valence-corrected chi connectivity index (χ3v) is 13.1. The summed E-state index contributed by atoms with van der Waals surface area (Å²) >= 11 is 0. The molecule has 0 N–H and O–H groups in total. The second-order valence-corrected chi connectivity index (χ2v) is 16.8. The Hall–Kier alpha value is -8.01. The molecule has 63 heavy (non-hydrogen) atoms. The summed E-state index contributed by atoms with van der Waals surface area (Å²) in [7, 11) is 0. The minimum absolute atomic E-state index is 0.552. The lowest BCUT2D eigenvalue weighted by molar-refractivity contribution is 0.794. The van der Waals surface area contributed by atoms with E-state index >= 15 is 0 Å². The molecule has 2 aliphatic rings. The zero-order valence-electron chi connectivity index (χ0n) is 35.0. The van der Waals surface area contributed by atoms with Crippen LogP contribution >= 0.6 is 0 Å². The molecular formula is C60H41N3. The molecule has 10 aromatic rings. The van der Waals surface area contributed by atoms with Crippen LogP contribution in [0, 0.1) is 13.8 Å². The molecule has 3 nitrogen and oxygen atoms in total. The SMILES string of the molecule is Cc1cncc(-c2cccc(-c3ccccc3-c3cccc4c3-c3ccccc3C43c4ccccc4-c4ccc(-c5nc(C)cc(-c6ccccc6-c6ccccc6)n5)cc43)c2)c1. The van der Waals surface area contributed by atoms with Gasteiger partial charge in [-0.3, -0.25) is 4.98 Å². The Morgan fingerprint density at radius 2 is 0.921 bits per heavy atom. The molecule has 0 saturated heterocycles. The molecule has 0 aliphatic heterocycles. The summed E-state index contributed by atoms with van der Waals surface area (Å²) in [5.74, 6) is 0.722. The van der Waals surface area contributed by atoms with Crippen molar-refractivity contribution in [2.24, 2.45) is 0 Å². The van der Waals surface area contributed by atoms with Gasteiger partial charge in [0.05, 0.1) is 11.1 Å². The van der Waals surface area contributed by atoms with E-state index in [0.717, 1.165) is 56.2 Å². The van der Waals surface area contributed by atoms with Gasteiger partial charge in [-0.15, -0.1) is 0 Å². The standard InChI is InChI=1S/C60H41N3/c1-38-32-44(37-61-36-38)41-18-14-19-42(34-41)46-21-6-8-22-47(46)51-26-15-29-55-58(51)52-25-11-13-28-54(52)60(55)53-27-12-10-23-48(53)49-31-30-43(35-56(49)60)59-62-39(2)33-57(63-59)50-24-9-7-20-45(50)40-16-4-3-5-17-40/h3-37H,1-2H3. The summed E-state index contributed by atoms with van der Waals surface area (Å²) in [5, 5.41) is 0. The molecule has 0 bridgehead atoms. The molecule has 2 aliphatic carbocycles. The number of nitrogens with zero attached hydrogens (tertiary/aromatic N) is 3. The Balaban J connectivity index is 1.05. The van der Waals surface area contributed by atoms with E-state index in [2.05, 4.69) is 219 Å². The van der Waals surface area contributed by atoms with Crippen LogP contribution < -0.4 is 0 Å². The average molecular weight is 804 g/mol. The Bertz CT molecular complexity index is 3440. The van der Waals surface area contributed by atoms with Crippen LogP contribution in [0.3, 0.4) is 0 Å². The zero-order chi connectivity index (χ0) is 42.1. The fourth-order valence-electron chi connectivity index (χ4n) is 10.5. The highest BCUT2D eigenvalue weighted by atomic mass is 14.9. The van der Waals surface area contributed by atoms with Gasteiger partial charge in [-0.1, -0.05) is 176 Å². The summed E-state index contributed by atoms with van der Waals surface area (Å²) in [6.45, 7) is 4.17. The van der Waals surface area contributed by atoms with E-state index in [9.17, 15) is 0 Å². The van der Waals surface area contributed by atoms with Gasteiger partial charge in [0.15, 0.2) is 5.82 Å². The van der Waals surface area contributed by atoms with Crippen molar-refractivity contribution in [2.45, 2.75) is 19.3 Å². The topological polar surface area (TPSA) is 38.7 Å². The Morgan fingerprint density at radius 3 is 1.71 bits per heavy atom. The second kappa shape index (κ2) is 14.6. The number of benzene rings is 8. The predicted octanol–water partition coefficient (Wildman–Crippen LogP) is 14.8. The van der Waals surface area contributed by atoms with Crippen LogP contribution in [0.2, 0.25) is 0 Å². The first-order chi connectivity index (χ1) is 31.1. The first-order valence-electron chi connectivity index (χ1n) is 21.7. The van der Waals surface area contributed by atoms with Crippen LogP contribution in [0.4, 0.5) is 0 Å². The number of aromatic nitrogens is 3. The molecule has 0 radical (unpaired) electrons. The van der Waals surface area contributed by atoms with Crippen molar-refractivity contribution in [3.63, 3.8) is 0 Å². The number of rotatable bonds is 6. The van der Waals surface area contributed by atoms with Crippen molar-refractivity contribution in [3.8, 4) is 89.4 Å². The lowest BCUT2D eigenvalue weighted by atomic mass is 9.70. The van der Waals surface area contributed by atoms with E-state index in [0.29, 0.717) is 0 Å². The van der Waals surface area contributed by atoms with Gasteiger partial charge in [0.1, 0.15) is 0 Å². The average Bonchev–Trinajstić information content (AvgIpc) is 3.81. The molecular weight excluding hydrogens is 763 g/mol. The van der Waals surface area contributed by atoms with Crippen LogP contribution in [-0.2, 0) is 5.41 Å². The summed E-state index contributed by atoms with van der Waals surface area (Å²) in [6.07, 6.45) is 3.86. The number of pyridine rings is 1.